The average molecular weight is 335 g/mol. The van der Waals surface area contributed by atoms with Crippen molar-refractivity contribution >= 4 is 0 Å². The molecule has 128 valence electrons. The van der Waals surface area contributed by atoms with Crippen LogP contribution in [0, 0.1) is 6.92 Å². The van der Waals surface area contributed by atoms with Crippen LogP contribution < -0.4 is 16.0 Å². The Balaban J connectivity index is 1.95. The van der Waals surface area contributed by atoms with Crippen LogP contribution in [0.2, 0.25) is 0 Å². The van der Waals surface area contributed by atoms with Crippen molar-refractivity contribution in [3.63, 3.8) is 0 Å². The second kappa shape index (κ2) is 7.77. The van der Waals surface area contributed by atoms with E-state index in [0.29, 0.717) is 19.0 Å². The molecule has 0 aliphatic carbocycles. The number of pyridine rings is 2. The van der Waals surface area contributed by atoms with Gasteiger partial charge in [0.1, 0.15) is 5.75 Å². The number of nitrogens with zero attached hydrogens (tertiary/aromatic N) is 2. The third kappa shape index (κ3) is 4.14. The van der Waals surface area contributed by atoms with Crippen molar-refractivity contribution in [2.24, 2.45) is 5.73 Å². The summed E-state index contributed by atoms with van der Waals surface area (Å²) in [7, 11) is 0. The van der Waals surface area contributed by atoms with Gasteiger partial charge in [-0.1, -0.05) is 17.7 Å². The van der Waals surface area contributed by atoms with Crippen LogP contribution in [-0.4, -0.2) is 16.1 Å². The van der Waals surface area contributed by atoms with E-state index in [1.165, 1.54) is 5.56 Å². The summed E-state index contributed by atoms with van der Waals surface area (Å²) in [6.07, 6.45) is 4.28. The van der Waals surface area contributed by atoms with E-state index in [-0.39, 0.29) is 5.56 Å². The fourth-order valence-electron chi connectivity index (χ4n) is 2.54. The zero-order chi connectivity index (χ0) is 17.6. The van der Waals surface area contributed by atoms with Gasteiger partial charge in [-0.25, -0.2) is 4.98 Å². The van der Waals surface area contributed by atoms with Crippen LogP contribution in [-0.2, 0) is 6.54 Å². The Bertz CT molecular complexity index is 901. The van der Waals surface area contributed by atoms with E-state index >= 15 is 0 Å². The molecule has 3 aromatic rings. The number of aromatic nitrogens is 2. The quantitative estimate of drug-likeness (QED) is 0.750. The van der Waals surface area contributed by atoms with Crippen LogP contribution in [0.5, 0.6) is 11.6 Å². The van der Waals surface area contributed by atoms with Crippen molar-refractivity contribution in [3.8, 4) is 22.8 Å². The largest absolute Gasteiger partial charge is 0.438 e. The highest BCUT2D eigenvalue weighted by molar-refractivity contribution is 5.68. The molecule has 0 bridgehead atoms. The zero-order valence-electron chi connectivity index (χ0n) is 14.2. The number of aryl methyl sites for hydroxylation is 2. The molecule has 0 aliphatic rings. The summed E-state index contributed by atoms with van der Waals surface area (Å²) in [6, 6.07) is 15.0. The topological polar surface area (TPSA) is 70.1 Å². The average Bonchev–Trinajstić information content (AvgIpc) is 2.63. The summed E-state index contributed by atoms with van der Waals surface area (Å²) >= 11 is 0. The first-order valence-electron chi connectivity index (χ1n) is 8.28. The van der Waals surface area contributed by atoms with Crippen molar-refractivity contribution in [1.29, 1.82) is 0 Å². The Kier molecular flexibility index (Phi) is 5.26. The van der Waals surface area contributed by atoms with Crippen LogP contribution in [0.25, 0.3) is 11.1 Å². The standard InChI is InChI=1S/C20H21N3O2/c1-15-5-8-17(9-6-15)25-20-18(4-2-12-22-20)16-7-10-19(24)23(14-16)13-3-11-21/h2,4-10,12,14H,3,11,13,21H2,1H3. The van der Waals surface area contributed by atoms with Gasteiger partial charge in [0.25, 0.3) is 5.56 Å². The van der Waals surface area contributed by atoms with E-state index in [2.05, 4.69) is 4.98 Å². The molecular weight excluding hydrogens is 314 g/mol. The zero-order valence-corrected chi connectivity index (χ0v) is 14.2. The van der Waals surface area contributed by atoms with E-state index in [1.807, 2.05) is 49.5 Å². The van der Waals surface area contributed by atoms with Gasteiger partial charge in [-0.3, -0.25) is 4.79 Å². The van der Waals surface area contributed by atoms with Gasteiger partial charge in [0.2, 0.25) is 5.88 Å². The Morgan fingerprint density at radius 1 is 1.12 bits per heavy atom. The molecule has 0 atom stereocenters. The molecule has 0 amide bonds. The second-order valence-electron chi connectivity index (χ2n) is 5.86. The summed E-state index contributed by atoms with van der Waals surface area (Å²) in [5.41, 5.74) is 8.40. The van der Waals surface area contributed by atoms with Gasteiger partial charge >= 0.3 is 0 Å². The molecule has 2 aromatic heterocycles. The highest BCUT2D eigenvalue weighted by Crippen LogP contribution is 2.30. The smallest absolute Gasteiger partial charge is 0.250 e. The summed E-state index contributed by atoms with van der Waals surface area (Å²) in [4.78, 5) is 16.3. The van der Waals surface area contributed by atoms with Crippen molar-refractivity contribution in [2.75, 3.05) is 6.54 Å². The number of benzene rings is 1. The highest BCUT2D eigenvalue weighted by Gasteiger charge is 2.10. The normalized spacial score (nSPS) is 10.6. The van der Waals surface area contributed by atoms with Gasteiger partial charge in [-0.2, -0.15) is 0 Å². The maximum absolute atomic E-state index is 12.0. The first-order chi connectivity index (χ1) is 12.2. The first kappa shape index (κ1) is 16.9. The van der Waals surface area contributed by atoms with Gasteiger partial charge in [0.05, 0.1) is 0 Å². The Labute approximate surface area is 146 Å². The number of rotatable bonds is 6. The Morgan fingerprint density at radius 3 is 2.68 bits per heavy atom. The lowest BCUT2D eigenvalue weighted by Crippen LogP contribution is -2.20. The molecular formula is C20H21N3O2. The molecule has 0 fully saturated rings. The second-order valence-corrected chi connectivity index (χ2v) is 5.86. The van der Waals surface area contributed by atoms with E-state index in [9.17, 15) is 4.79 Å². The lowest BCUT2D eigenvalue weighted by Gasteiger charge is -2.12. The summed E-state index contributed by atoms with van der Waals surface area (Å²) < 4.78 is 7.62. The van der Waals surface area contributed by atoms with Gasteiger partial charge in [-0.15, -0.1) is 0 Å². The number of hydrogen-bond acceptors (Lipinski definition) is 4. The number of ether oxygens (including phenoxy) is 1. The van der Waals surface area contributed by atoms with Gasteiger partial charge in [-0.05, 0) is 50.2 Å². The third-order valence-electron chi connectivity index (χ3n) is 3.90. The molecule has 0 aliphatic heterocycles. The van der Waals surface area contributed by atoms with Gasteiger partial charge in [0, 0.05) is 36.1 Å². The van der Waals surface area contributed by atoms with Crippen LogP contribution in [0.1, 0.15) is 12.0 Å². The molecule has 0 spiro atoms. The molecule has 1 aromatic carbocycles. The number of hydrogen-bond donors (Lipinski definition) is 1. The minimum Gasteiger partial charge on any atom is -0.438 e. The lowest BCUT2D eigenvalue weighted by atomic mass is 10.1. The molecule has 2 N–H and O–H groups in total. The van der Waals surface area contributed by atoms with E-state index in [1.54, 1.807) is 22.9 Å². The van der Waals surface area contributed by atoms with Crippen molar-refractivity contribution < 1.29 is 4.74 Å². The SMILES string of the molecule is Cc1ccc(Oc2ncccc2-c2ccc(=O)n(CCCN)c2)cc1. The monoisotopic (exact) mass is 335 g/mol. The molecule has 2 heterocycles. The molecule has 0 unspecified atom stereocenters. The fraction of sp³-hybridized carbons (Fsp3) is 0.200. The van der Waals surface area contributed by atoms with Crippen LogP contribution >= 0.6 is 0 Å². The molecule has 0 saturated carbocycles. The van der Waals surface area contributed by atoms with Crippen LogP contribution in [0.3, 0.4) is 0 Å². The lowest BCUT2D eigenvalue weighted by molar-refractivity contribution is 0.464. The molecule has 5 nitrogen and oxygen atoms in total. The molecule has 0 radical (unpaired) electrons. The molecule has 25 heavy (non-hydrogen) atoms. The van der Waals surface area contributed by atoms with Crippen LogP contribution in [0.15, 0.2) is 65.7 Å². The highest BCUT2D eigenvalue weighted by atomic mass is 16.5. The minimum atomic E-state index is -0.0397. The Morgan fingerprint density at radius 2 is 1.92 bits per heavy atom. The van der Waals surface area contributed by atoms with Crippen molar-refractivity contribution in [2.45, 2.75) is 19.9 Å². The maximum Gasteiger partial charge on any atom is 0.250 e. The molecule has 0 saturated heterocycles. The van der Waals surface area contributed by atoms with Gasteiger partial charge in [0.15, 0.2) is 0 Å². The summed E-state index contributed by atoms with van der Waals surface area (Å²) in [6.45, 7) is 3.17. The van der Waals surface area contributed by atoms with Gasteiger partial charge < -0.3 is 15.0 Å². The van der Waals surface area contributed by atoms with E-state index in [0.717, 1.165) is 23.3 Å². The predicted molar refractivity (Wildman–Crippen MR) is 98.9 cm³/mol. The van der Waals surface area contributed by atoms with E-state index in [4.69, 9.17) is 10.5 Å². The fourth-order valence-corrected chi connectivity index (χ4v) is 2.54. The molecule has 5 heteroatoms. The summed E-state index contributed by atoms with van der Waals surface area (Å²) in [5, 5.41) is 0. The molecule has 3 rings (SSSR count). The first-order valence-corrected chi connectivity index (χ1v) is 8.28. The predicted octanol–water partition coefficient (Wildman–Crippen LogP) is 3.36. The van der Waals surface area contributed by atoms with E-state index < -0.39 is 0 Å². The summed E-state index contributed by atoms with van der Waals surface area (Å²) in [5.74, 6) is 1.23. The van der Waals surface area contributed by atoms with Crippen molar-refractivity contribution in [3.05, 3.63) is 76.8 Å². The van der Waals surface area contributed by atoms with Crippen molar-refractivity contribution in [1.82, 2.24) is 9.55 Å². The minimum absolute atomic E-state index is 0.0397. The van der Waals surface area contributed by atoms with Crippen LogP contribution in [0.4, 0.5) is 0 Å². The Hall–Kier alpha value is -2.92. The number of nitrogens with two attached hydrogens (primary N) is 1. The maximum atomic E-state index is 12.0. The third-order valence-corrected chi connectivity index (χ3v) is 3.90.